The quantitative estimate of drug-likeness (QED) is 0.0208. The first-order valence-corrected chi connectivity index (χ1v) is 32.6. The number of ether oxygens (including phenoxy) is 5. The molecule has 18 heteroatoms. The number of allylic oxidation sites excluding steroid dienone is 4. The number of aliphatic hydroxyl groups is 6. The van der Waals surface area contributed by atoms with Gasteiger partial charge in [0, 0.05) is 67.2 Å². The molecule has 0 amide bonds. The van der Waals surface area contributed by atoms with Gasteiger partial charge in [-0.05, 0) is 169 Å². The number of hydrogen-bond donors (Lipinski definition) is 8. The second kappa shape index (κ2) is 34.1. The Bertz CT molecular complexity index is 2090. The van der Waals surface area contributed by atoms with Gasteiger partial charge in [-0.15, -0.1) is 0 Å². The lowest BCUT2D eigenvalue weighted by Gasteiger charge is -2.48. The molecule has 25 atom stereocenters. The fourth-order valence-corrected chi connectivity index (χ4v) is 14.4. The summed E-state index contributed by atoms with van der Waals surface area (Å²) >= 11 is 0. The van der Waals surface area contributed by atoms with E-state index in [1.165, 1.54) is 19.1 Å². The Morgan fingerprint density at radius 3 is 2.18 bits per heavy atom. The maximum absolute atomic E-state index is 17.0. The Kier molecular flexibility index (Phi) is 30.8. The van der Waals surface area contributed by atoms with Crippen LogP contribution in [0.3, 0.4) is 0 Å². The van der Waals surface area contributed by atoms with E-state index in [4.69, 9.17) is 23.7 Å². The zero-order chi connectivity index (χ0) is 64.7. The van der Waals surface area contributed by atoms with Gasteiger partial charge >= 0.3 is 5.97 Å². The Balaban J connectivity index is 1.94. The molecule has 3 aliphatic heterocycles. The van der Waals surface area contributed by atoms with Crippen LogP contribution >= 0.6 is 0 Å². The molecule has 0 spiro atoms. The van der Waals surface area contributed by atoms with Crippen LogP contribution in [0.1, 0.15) is 182 Å². The summed E-state index contributed by atoms with van der Waals surface area (Å²) < 4.78 is 50.5. The lowest BCUT2D eigenvalue weighted by atomic mass is 9.67. The van der Waals surface area contributed by atoms with Crippen molar-refractivity contribution in [3.63, 3.8) is 0 Å². The number of cyclic esters (lactones) is 1. The Morgan fingerprint density at radius 1 is 0.953 bits per heavy atom. The van der Waals surface area contributed by atoms with Crippen molar-refractivity contribution in [3.05, 3.63) is 36.6 Å². The van der Waals surface area contributed by atoms with E-state index in [2.05, 4.69) is 36.1 Å². The minimum atomic E-state index is -1.82. The first kappa shape index (κ1) is 76.8. The third kappa shape index (κ3) is 19.3. The summed E-state index contributed by atoms with van der Waals surface area (Å²) in [6, 6.07) is -0.559. The maximum Gasteiger partial charge on any atom is 0.311 e. The van der Waals surface area contributed by atoms with Gasteiger partial charge in [-0.2, -0.15) is 0 Å². The van der Waals surface area contributed by atoms with Crippen LogP contribution < -0.4 is 10.6 Å². The molecule has 0 radical (unpaired) electrons. The van der Waals surface area contributed by atoms with E-state index in [1.54, 1.807) is 40.0 Å². The van der Waals surface area contributed by atoms with E-state index < -0.39 is 113 Å². The van der Waals surface area contributed by atoms with E-state index in [0.29, 0.717) is 57.4 Å². The summed E-state index contributed by atoms with van der Waals surface area (Å²) in [7, 11) is 5.73. The zero-order valence-corrected chi connectivity index (χ0v) is 56.4. The van der Waals surface area contributed by atoms with Gasteiger partial charge in [0.1, 0.15) is 29.1 Å². The highest BCUT2D eigenvalue weighted by molar-refractivity contribution is 5.99. The molecule has 12 unspecified atom stereocenters. The van der Waals surface area contributed by atoms with Crippen LogP contribution in [0.4, 0.5) is 4.39 Å². The Labute approximate surface area is 513 Å². The van der Waals surface area contributed by atoms with Gasteiger partial charge in [0.2, 0.25) is 0 Å². The van der Waals surface area contributed by atoms with Crippen molar-refractivity contribution in [3.8, 4) is 0 Å². The highest BCUT2D eigenvalue weighted by Crippen LogP contribution is 2.45. The number of aliphatic hydroxyl groups excluding tert-OH is 4. The third-order valence-corrected chi connectivity index (χ3v) is 20.9. The standard InChI is InChI=1S/C67H123FN4O13/c1-22-26-28-52(74)30-29-42(7)66(68,25-4)48(13)41(6)36-44(9)67(80,43(8)31-34-73)51(16)70-32-27-33-71(20)54-37-45(10)81-63(53(54)23-2)85-59-46(11)58(84-57-38-64(17,69-19)61(77)50(15)82-57)47(12)62(78)83-56(24-3)65(18,79)60(76)49(14)72(21)39-40(5)35-55(59)75/h26,28-30,40-50,53-61,63,69-70,73,75-77,79-80H,16,22-25,27,31-39H2,1-15,17-21H3/b28-26+,30-29-/t40-,41?,42?,43?,44-,45?,46+,47?,48?,49?,50?,53-,54?,55?,56-,57+,58+,59-,60?,61+,63?,64-,65-,66+,67+/m1/s1. The van der Waals surface area contributed by atoms with Crippen LogP contribution in [0.15, 0.2) is 36.6 Å². The number of hydrogen-bond acceptors (Lipinski definition) is 17. The Morgan fingerprint density at radius 2 is 1.60 bits per heavy atom. The fraction of sp³-hybridized carbons (Fsp3) is 0.881. The lowest BCUT2D eigenvalue weighted by Crippen LogP contribution is -2.62. The van der Waals surface area contributed by atoms with Crippen LogP contribution in [0, 0.1) is 53.3 Å². The van der Waals surface area contributed by atoms with Gasteiger partial charge in [-0.1, -0.05) is 94.9 Å². The summed E-state index contributed by atoms with van der Waals surface area (Å²) in [6.45, 7) is 37.9. The number of alkyl halides is 1. The fourth-order valence-electron chi connectivity index (χ4n) is 14.4. The highest BCUT2D eigenvalue weighted by atomic mass is 19.1. The van der Waals surface area contributed by atoms with Crippen molar-refractivity contribution >= 4 is 11.8 Å². The van der Waals surface area contributed by atoms with E-state index in [1.807, 2.05) is 95.0 Å². The van der Waals surface area contributed by atoms with E-state index in [0.717, 1.165) is 6.42 Å². The lowest BCUT2D eigenvalue weighted by molar-refractivity contribution is -0.294. The highest BCUT2D eigenvalue weighted by Gasteiger charge is 2.52. The van der Waals surface area contributed by atoms with Gasteiger partial charge in [0.15, 0.2) is 18.4 Å². The predicted molar refractivity (Wildman–Crippen MR) is 335 cm³/mol. The molecule has 3 fully saturated rings. The number of nitrogens with zero attached hydrogens (tertiary/aromatic N) is 2. The second-order valence-electron chi connectivity index (χ2n) is 27.2. The minimum Gasteiger partial charge on any atom is -0.459 e. The van der Waals surface area contributed by atoms with Crippen LogP contribution in [-0.4, -0.2) is 195 Å². The molecule has 0 aliphatic carbocycles. The largest absolute Gasteiger partial charge is 0.459 e. The number of ketones is 1. The van der Waals surface area contributed by atoms with E-state index >= 15 is 4.39 Å². The molecule has 3 saturated heterocycles. The number of carbonyl (C=O) groups excluding carboxylic acids is 2. The number of esters is 1. The number of rotatable bonds is 28. The summed E-state index contributed by atoms with van der Waals surface area (Å²) in [6.07, 6.45) is 2.31. The van der Waals surface area contributed by atoms with Gasteiger partial charge < -0.3 is 74.8 Å². The molecular weight excluding hydrogens is 1090 g/mol. The zero-order valence-electron chi connectivity index (χ0n) is 56.4. The topological polar surface area (TPSA) is 232 Å². The van der Waals surface area contributed by atoms with Gasteiger partial charge in [-0.25, -0.2) is 4.39 Å². The smallest absolute Gasteiger partial charge is 0.311 e. The molecule has 0 aromatic rings. The molecule has 3 rings (SSSR count). The number of halogens is 1. The molecule has 0 aromatic carbocycles. The van der Waals surface area contributed by atoms with Crippen molar-refractivity contribution in [2.75, 3.05) is 47.4 Å². The molecular formula is C67H123FN4O13. The summed E-state index contributed by atoms with van der Waals surface area (Å²) in [5, 5.41) is 77.1. The first-order valence-electron chi connectivity index (χ1n) is 32.6. The molecule has 0 saturated carbocycles. The van der Waals surface area contributed by atoms with Crippen molar-refractivity contribution in [1.29, 1.82) is 0 Å². The SMILES string of the molecule is C=C(NCCCN(C)C1CC(C)OC(O[C@H]2C(O)C[C@@H](C)CN(C)C(C)C(O)[C@](C)(O)[C@@H](CC)OC(=O)C(C)[C@@H](O[C@H]3C[C@@](C)(NC)[C@@H](O)C(C)O3)[C@@H]2C)[C@@H]1CC)[C@](O)(C(C)CCO)[C@H](C)CC(C)C(C)[C@](F)(CC)C(C)/C=C\C(=O)/C=C/CC. The molecule has 85 heavy (non-hydrogen) atoms. The van der Waals surface area contributed by atoms with E-state index in [-0.39, 0.29) is 79.8 Å². The van der Waals surface area contributed by atoms with Crippen LogP contribution in [0.25, 0.3) is 0 Å². The molecule has 3 aliphatic rings. The molecule has 3 heterocycles. The second-order valence-corrected chi connectivity index (χ2v) is 27.2. The summed E-state index contributed by atoms with van der Waals surface area (Å²) in [5.74, 6) is -4.59. The van der Waals surface area contributed by atoms with Crippen molar-refractivity contribution in [2.24, 2.45) is 53.3 Å². The van der Waals surface area contributed by atoms with Gasteiger partial charge in [0.25, 0.3) is 0 Å². The van der Waals surface area contributed by atoms with Crippen LogP contribution in [0.5, 0.6) is 0 Å². The van der Waals surface area contributed by atoms with Gasteiger partial charge in [0.05, 0.1) is 42.5 Å². The molecule has 0 bridgehead atoms. The average Bonchev–Trinajstić information content (AvgIpc) is 2.27. The van der Waals surface area contributed by atoms with Crippen molar-refractivity contribution in [1.82, 2.24) is 20.4 Å². The van der Waals surface area contributed by atoms with Gasteiger partial charge in [-0.3, -0.25) is 9.59 Å². The average molecular weight is 1210 g/mol. The van der Waals surface area contributed by atoms with Crippen LogP contribution in [-0.2, 0) is 33.3 Å². The Hall–Kier alpha value is -2.43. The van der Waals surface area contributed by atoms with Crippen molar-refractivity contribution in [2.45, 2.75) is 278 Å². The summed E-state index contributed by atoms with van der Waals surface area (Å²) in [5.41, 5.74) is -5.18. The monoisotopic (exact) mass is 1210 g/mol. The number of carbonyl (C=O) groups is 2. The maximum atomic E-state index is 17.0. The molecule has 17 nitrogen and oxygen atoms in total. The third-order valence-electron chi connectivity index (χ3n) is 20.9. The minimum absolute atomic E-state index is 0.00742. The van der Waals surface area contributed by atoms with Crippen molar-refractivity contribution < 1.29 is 68.3 Å². The summed E-state index contributed by atoms with van der Waals surface area (Å²) in [4.78, 5) is 31.3. The van der Waals surface area contributed by atoms with E-state index in [9.17, 15) is 40.2 Å². The molecule has 0 aromatic heterocycles. The van der Waals surface area contributed by atoms with Crippen LogP contribution in [0.2, 0.25) is 0 Å². The normalized spacial score (nSPS) is 37.7. The molecule has 8 N–H and O–H groups in total. The first-order chi connectivity index (χ1) is 39.6. The number of nitrogens with one attached hydrogen (secondary N) is 2. The molecule has 496 valence electrons. The number of likely N-dealkylation sites (N-methyl/N-ethyl adjacent to an activating group) is 2. The predicted octanol–water partition coefficient (Wildman–Crippen LogP) is 8.51.